The first-order valence-electron chi connectivity index (χ1n) is 7.13. The third-order valence-corrected chi connectivity index (χ3v) is 3.77. The summed E-state index contributed by atoms with van der Waals surface area (Å²) in [6, 6.07) is 14.8. The number of carbonyl (C=O) groups is 1. The Morgan fingerprint density at radius 1 is 1.18 bits per heavy atom. The Morgan fingerprint density at radius 3 is 2.45 bits per heavy atom. The summed E-state index contributed by atoms with van der Waals surface area (Å²) in [4.78, 5) is 12.6. The summed E-state index contributed by atoms with van der Waals surface area (Å²) >= 11 is 0. The molecule has 2 rings (SSSR count). The molecule has 0 aromatic heterocycles. The van der Waals surface area contributed by atoms with Crippen molar-refractivity contribution in [3.63, 3.8) is 0 Å². The summed E-state index contributed by atoms with van der Waals surface area (Å²) < 4.78 is 5.16. The highest BCUT2D eigenvalue weighted by molar-refractivity contribution is 5.98. The van der Waals surface area contributed by atoms with Gasteiger partial charge in [-0.1, -0.05) is 30.3 Å². The maximum atomic E-state index is 12.6. The molecule has 0 saturated heterocycles. The van der Waals surface area contributed by atoms with E-state index in [1.165, 1.54) is 0 Å². The van der Waals surface area contributed by atoms with Crippen molar-refractivity contribution in [2.24, 2.45) is 0 Å². The largest absolute Gasteiger partial charge is 0.496 e. The van der Waals surface area contributed by atoms with Crippen LogP contribution in [0.2, 0.25) is 0 Å². The molecule has 1 amide bonds. The molecule has 0 spiro atoms. The summed E-state index contributed by atoms with van der Waals surface area (Å²) in [6.45, 7) is 3.62. The number of anilines is 1. The van der Waals surface area contributed by atoms with Crippen LogP contribution in [-0.4, -0.2) is 18.1 Å². The zero-order valence-electron chi connectivity index (χ0n) is 13.1. The van der Waals surface area contributed by atoms with Gasteiger partial charge in [-0.3, -0.25) is 4.79 Å². The van der Waals surface area contributed by atoms with Gasteiger partial charge < -0.3 is 15.2 Å². The normalized spacial score (nSPS) is 11.1. The maximum absolute atomic E-state index is 12.6. The van der Waals surface area contributed by atoms with E-state index >= 15 is 0 Å². The minimum Gasteiger partial charge on any atom is -0.496 e. The van der Waals surface area contributed by atoms with Crippen LogP contribution in [0.15, 0.2) is 48.5 Å². The summed E-state index contributed by atoms with van der Waals surface area (Å²) in [6.07, 6.45) is 0. The molecule has 0 fully saturated rings. The topological polar surface area (TPSA) is 58.6 Å². The van der Waals surface area contributed by atoms with Gasteiger partial charge in [0.1, 0.15) is 5.75 Å². The van der Waals surface area contributed by atoms with Crippen molar-refractivity contribution in [2.75, 3.05) is 12.4 Å². The zero-order valence-corrected chi connectivity index (χ0v) is 13.1. The van der Waals surface area contributed by atoms with E-state index in [9.17, 15) is 9.90 Å². The predicted molar refractivity (Wildman–Crippen MR) is 87.0 cm³/mol. The van der Waals surface area contributed by atoms with E-state index in [4.69, 9.17) is 4.74 Å². The van der Waals surface area contributed by atoms with Crippen LogP contribution >= 0.6 is 0 Å². The van der Waals surface area contributed by atoms with Crippen LogP contribution in [0.25, 0.3) is 0 Å². The van der Waals surface area contributed by atoms with Gasteiger partial charge in [0.05, 0.1) is 19.1 Å². The van der Waals surface area contributed by atoms with E-state index in [0.29, 0.717) is 17.0 Å². The Hall–Kier alpha value is -2.33. The number of methoxy groups -OCH3 is 1. The third kappa shape index (κ3) is 3.28. The van der Waals surface area contributed by atoms with E-state index in [0.717, 1.165) is 5.56 Å². The quantitative estimate of drug-likeness (QED) is 0.892. The van der Waals surface area contributed by atoms with Crippen LogP contribution in [0.3, 0.4) is 0 Å². The van der Waals surface area contributed by atoms with Crippen molar-refractivity contribution >= 4 is 11.6 Å². The number of benzene rings is 2. The molecule has 0 bridgehead atoms. The van der Waals surface area contributed by atoms with E-state index in [1.54, 1.807) is 25.3 Å². The molecular weight excluding hydrogens is 278 g/mol. The van der Waals surface area contributed by atoms with Gasteiger partial charge in [0.2, 0.25) is 5.91 Å². The zero-order chi connectivity index (χ0) is 16.2. The fourth-order valence-corrected chi connectivity index (χ4v) is 2.25. The molecule has 22 heavy (non-hydrogen) atoms. The Bertz CT molecular complexity index is 651. The van der Waals surface area contributed by atoms with Crippen LogP contribution in [0.4, 0.5) is 5.69 Å². The van der Waals surface area contributed by atoms with E-state index < -0.39 is 5.41 Å². The number of hydrogen-bond donors (Lipinski definition) is 2. The lowest BCUT2D eigenvalue weighted by Crippen LogP contribution is -2.34. The van der Waals surface area contributed by atoms with Crippen LogP contribution in [0.1, 0.15) is 25.0 Å². The van der Waals surface area contributed by atoms with Crippen molar-refractivity contribution in [3.05, 3.63) is 59.7 Å². The number of rotatable bonds is 5. The molecule has 0 aliphatic rings. The van der Waals surface area contributed by atoms with Crippen LogP contribution in [0.5, 0.6) is 5.75 Å². The number of ether oxygens (including phenoxy) is 1. The number of amides is 1. The van der Waals surface area contributed by atoms with Gasteiger partial charge in [0.25, 0.3) is 0 Å². The minimum absolute atomic E-state index is 0.104. The monoisotopic (exact) mass is 299 g/mol. The molecule has 0 radical (unpaired) electrons. The van der Waals surface area contributed by atoms with Gasteiger partial charge in [-0.25, -0.2) is 0 Å². The Morgan fingerprint density at radius 2 is 1.86 bits per heavy atom. The molecule has 0 aliphatic heterocycles. The van der Waals surface area contributed by atoms with Crippen molar-refractivity contribution < 1.29 is 14.6 Å². The van der Waals surface area contributed by atoms with Crippen molar-refractivity contribution in [1.82, 2.24) is 0 Å². The molecule has 0 aliphatic carbocycles. The highest BCUT2D eigenvalue weighted by Gasteiger charge is 2.29. The van der Waals surface area contributed by atoms with Gasteiger partial charge in [-0.15, -0.1) is 0 Å². The third-order valence-electron chi connectivity index (χ3n) is 3.77. The van der Waals surface area contributed by atoms with Crippen molar-refractivity contribution in [1.29, 1.82) is 0 Å². The molecule has 4 nitrogen and oxygen atoms in total. The summed E-state index contributed by atoms with van der Waals surface area (Å²) in [5.41, 5.74) is 1.57. The Kier molecular flexibility index (Phi) is 4.83. The first-order valence-corrected chi connectivity index (χ1v) is 7.13. The fourth-order valence-electron chi connectivity index (χ4n) is 2.25. The number of hydrogen-bond acceptors (Lipinski definition) is 3. The molecule has 2 aromatic carbocycles. The van der Waals surface area contributed by atoms with Crippen molar-refractivity contribution in [3.8, 4) is 5.75 Å². The fraction of sp³-hybridized carbons (Fsp3) is 0.278. The average molecular weight is 299 g/mol. The van der Waals surface area contributed by atoms with E-state index in [2.05, 4.69) is 5.32 Å². The average Bonchev–Trinajstić information content (AvgIpc) is 2.55. The minimum atomic E-state index is -0.652. The van der Waals surface area contributed by atoms with Crippen molar-refractivity contribution in [2.45, 2.75) is 25.9 Å². The molecule has 4 heteroatoms. The molecule has 0 saturated carbocycles. The lowest BCUT2D eigenvalue weighted by molar-refractivity contribution is -0.120. The van der Waals surface area contributed by atoms with Crippen LogP contribution in [-0.2, 0) is 16.8 Å². The second kappa shape index (κ2) is 6.62. The number of aliphatic hydroxyl groups excluding tert-OH is 1. The SMILES string of the molecule is COc1ccc(NC(=O)C(C)(C)c2ccccc2)cc1CO. The van der Waals surface area contributed by atoms with Gasteiger partial charge in [0, 0.05) is 11.3 Å². The second-order valence-electron chi connectivity index (χ2n) is 5.63. The number of nitrogens with one attached hydrogen (secondary N) is 1. The lowest BCUT2D eigenvalue weighted by Gasteiger charge is -2.24. The predicted octanol–water partition coefficient (Wildman–Crippen LogP) is 3.10. The highest BCUT2D eigenvalue weighted by atomic mass is 16.5. The molecular formula is C18H21NO3. The maximum Gasteiger partial charge on any atom is 0.234 e. The van der Waals surface area contributed by atoms with Gasteiger partial charge in [-0.2, -0.15) is 0 Å². The second-order valence-corrected chi connectivity index (χ2v) is 5.63. The Balaban J connectivity index is 2.21. The van der Waals surface area contributed by atoms with Crippen LogP contribution < -0.4 is 10.1 Å². The number of aliphatic hydroxyl groups is 1. The molecule has 2 N–H and O–H groups in total. The molecule has 0 heterocycles. The first kappa shape index (κ1) is 16.0. The molecule has 0 atom stereocenters. The molecule has 116 valence electrons. The van der Waals surface area contributed by atoms with Gasteiger partial charge in [0.15, 0.2) is 0 Å². The Labute approximate surface area is 130 Å². The number of carbonyl (C=O) groups excluding carboxylic acids is 1. The molecule has 2 aromatic rings. The lowest BCUT2D eigenvalue weighted by atomic mass is 9.83. The smallest absolute Gasteiger partial charge is 0.234 e. The summed E-state index contributed by atoms with van der Waals surface area (Å²) in [7, 11) is 1.55. The summed E-state index contributed by atoms with van der Waals surface area (Å²) in [5, 5.41) is 12.3. The summed E-state index contributed by atoms with van der Waals surface area (Å²) in [5.74, 6) is 0.496. The van der Waals surface area contributed by atoms with Gasteiger partial charge >= 0.3 is 0 Å². The molecule has 0 unspecified atom stereocenters. The standard InChI is InChI=1S/C18H21NO3/c1-18(2,14-7-5-4-6-8-14)17(21)19-15-9-10-16(22-3)13(11-15)12-20/h4-11,20H,12H2,1-3H3,(H,19,21). The highest BCUT2D eigenvalue weighted by Crippen LogP contribution is 2.27. The van der Waals surface area contributed by atoms with Gasteiger partial charge in [-0.05, 0) is 37.6 Å². The van der Waals surface area contributed by atoms with E-state index in [-0.39, 0.29) is 12.5 Å². The van der Waals surface area contributed by atoms with Crippen LogP contribution in [0, 0.1) is 0 Å². The van der Waals surface area contributed by atoms with E-state index in [1.807, 2.05) is 44.2 Å². The first-order chi connectivity index (χ1) is 10.5.